The zero-order chi connectivity index (χ0) is 12.3. The smallest absolute Gasteiger partial charge is 0.0124 e. The first-order valence-corrected chi connectivity index (χ1v) is 7.20. The second kappa shape index (κ2) is 6.05. The highest BCUT2D eigenvalue weighted by molar-refractivity contribution is 4.94. The van der Waals surface area contributed by atoms with Crippen LogP contribution in [0.4, 0.5) is 0 Å². The molecule has 1 aliphatic rings. The third-order valence-corrected chi connectivity index (χ3v) is 4.73. The van der Waals surface area contributed by atoms with Gasteiger partial charge in [-0.2, -0.15) is 0 Å². The van der Waals surface area contributed by atoms with Gasteiger partial charge in [-0.05, 0) is 44.6 Å². The van der Waals surface area contributed by atoms with Gasteiger partial charge in [-0.15, -0.1) is 0 Å². The summed E-state index contributed by atoms with van der Waals surface area (Å²) < 4.78 is 0. The molecule has 1 fully saturated rings. The Balaban J connectivity index is 2.57. The molecule has 0 bridgehead atoms. The Morgan fingerprint density at radius 3 is 2.25 bits per heavy atom. The van der Waals surface area contributed by atoms with Crippen LogP contribution in [-0.2, 0) is 0 Å². The van der Waals surface area contributed by atoms with Gasteiger partial charge in [-0.1, -0.05) is 40.5 Å². The molecule has 16 heavy (non-hydrogen) atoms. The molecule has 0 spiro atoms. The highest BCUT2D eigenvalue weighted by atomic mass is 15.2. The molecule has 1 heterocycles. The average molecular weight is 225 g/mol. The first-order valence-electron chi connectivity index (χ1n) is 7.20. The fourth-order valence-electron chi connectivity index (χ4n) is 3.49. The van der Waals surface area contributed by atoms with Crippen molar-refractivity contribution in [3.63, 3.8) is 0 Å². The molecule has 0 radical (unpaired) electrons. The first-order chi connectivity index (χ1) is 7.49. The van der Waals surface area contributed by atoms with Crippen molar-refractivity contribution in [3.05, 3.63) is 0 Å². The number of likely N-dealkylation sites (tertiary alicyclic amines) is 1. The lowest BCUT2D eigenvalue weighted by Crippen LogP contribution is -2.32. The van der Waals surface area contributed by atoms with Crippen LogP contribution in [0.2, 0.25) is 0 Å². The van der Waals surface area contributed by atoms with Crippen LogP contribution in [0.5, 0.6) is 0 Å². The van der Waals surface area contributed by atoms with E-state index in [0.29, 0.717) is 0 Å². The highest BCUT2D eigenvalue weighted by Gasteiger charge is 2.41. The predicted octanol–water partition coefficient (Wildman–Crippen LogP) is 4.18. The lowest BCUT2D eigenvalue weighted by Gasteiger charge is -2.24. The van der Waals surface area contributed by atoms with Gasteiger partial charge in [0.05, 0.1) is 0 Å². The minimum absolute atomic E-state index is 0.783. The quantitative estimate of drug-likeness (QED) is 0.678. The zero-order valence-electron chi connectivity index (χ0n) is 12.2. The Morgan fingerprint density at radius 1 is 1.12 bits per heavy atom. The summed E-state index contributed by atoms with van der Waals surface area (Å²) in [4.78, 5) is 2.64. The number of rotatable bonds is 5. The molecule has 1 aliphatic heterocycles. The van der Waals surface area contributed by atoms with Gasteiger partial charge in [0, 0.05) is 12.1 Å². The molecular weight excluding hydrogens is 194 g/mol. The number of nitrogens with zero attached hydrogens (tertiary/aromatic N) is 1. The van der Waals surface area contributed by atoms with E-state index in [9.17, 15) is 0 Å². The normalized spacial score (nSPS) is 36.2. The maximum absolute atomic E-state index is 2.64. The van der Waals surface area contributed by atoms with E-state index in [1.54, 1.807) is 0 Å². The number of hydrogen-bond acceptors (Lipinski definition) is 1. The molecule has 0 aromatic heterocycles. The molecule has 0 saturated carbocycles. The van der Waals surface area contributed by atoms with Crippen LogP contribution in [-0.4, -0.2) is 24.0 Å². The zero-order valence-corrected chi connectivity index (χ0v) is 12.2. The van der Waals surface area contributed by atoms with Gasteiger partial charge >= 0.3 is 0 Å². The van der Waals surface area contributed by atoms with Crippen molar-refractivity contribution in [3.8, 4) is 0 Å². The third-order valence-electron chi connectivity index (χ3n) is 4.73. The maximum Gasteiger partial charge on any atom is 0.0124 e. The van der Waals surface area contributed by atoms with E-state index in [1.807, 2.05) is 0 Å². The van der Waals surface area contributed by atoms with Crippen molar-refractivity contribution in [1.82, 2.24) is 4.90 Å². The fourth-order valence-corrected chi connectivity index (χ4v) is 3.49. The molecule has 1 saturated heterocycles. The molecule has 1 heteroatoms. The van der Waals surface area contributed by atoms with E-state index in [4.69, 9.17) is 0 Å². The van der Waals surface area contributed by atoms with Gasteiger partial charge in [0.25, 0.3) is 0 Å². The van der Waals surface area contributed by atoms with Crippen LogP contribution in [0.25, 0.3) is 0 Å². The molecule has 96 valence electrons. The molecule has 4 unspecified atom stereocenters. The standard InChI is InChI=1S/C15H31N/c1-7-8-15-12(4)14(10-9-11(2)3)13(5)16(15)6/h11-15H,7-10H2,1-6H3. The lowest BCUT2D eigenvalue weighted by molar-refractivity contribution is 0.220. The van der Waals surface area contributed by atoms with Crippen molar-refractivity contribution in [2.24, 2.45) is 17.8 Å². The molecule has 0 aliphatic carbocycles. The Morgan fingerprint density at radius 2 is 1.75 bits per heavy atom. The Kier molecular flexibility index (Phi) is 5.30. The van der Waals surface area contributed by atoms with E-state index < -0.39 is 0 Å². The molecule has 0 aromatic rings. The Hall–Kier alpha value is -0.0400. The Labute approximate surface area is 103 Å². The highest BCUT2D eigenvalue weighted by Crippen LogP contribution is 2.39. The molecule has 1 nitrogen and oxygen atoms in total. The number of hydrogen-bond donors (Lipinski definition) is 0. The summed E-state index contributed by atoms with van der Waals surface area (Å²) in [6.45, 7) is 11.9. The maximum atomic E-state index is 2.64. The van der Waals surface area contributed by atoms with Crippen LogP contribution in [0, 0.1) is 17.8 Å². The van der Waals surface area contributed by atoms with Crippen LogP contribution in [0.15, 0.2) is 0 Å². The van der Waals surface area contributed by atoms with E-state index >= 15 is 0 Å². The van der Waals surface area contributed by atoms with Crippen molar-refractivity contribution >= 4 is 0 Å². The van der Waals surface area contributed by atoms with Gasteiger partial charge in [-0.25, -0.2) is 0 Å². The summed E-state index contributed by atoms with van der Waals surface area (Å²) in [5.74, 6) is 2.66. The molecular formula is C15H31N. The van der Waals surface area contributed by atoms with Crippen molar-refractivity contribution in [2.75, 3.05) is 7.05 Å². The van der Waals surface area contributed by atoms with Gasteiger partial charge in [0.2, 0.25) is 0 Å². The summed E-state index contributed by atoms with van der Waals surface area (Å²) in [6.07, 6.45) is 5.51. The second-order valence-corrected chi connectivity index (χ2v) is 6.26. The Bertz CT molecular complexity index is 200. The summed E-state index contributed by atoms with van der Waals surface area (Å²) in [5.41, 5.74) is 0. The minimum Gasteiger partial charge on any atom is -0.300 e. The minimum atomic E-state index is 0.783. The molecule has 1 rings (SSSR count). The predicted molar refractivity (Wildman–Crippen MR) is 72.6 cm³/mol. The van der Waals surface area contributed by atoms with Gasteiger partial charge in [0.15, 0.2) is 0 Å². The van der Waals surface area contributed by atoms with Crippen molar-refractivity contribution < 1.29 is 0 Å². The molecule has 0 aromatic carbocycles. The molecule has 0 amide bonds. The second-order valence-electron chi connectivity index (χ2n) is 6.26. The van der Waals surface area contributed by atoms with Crippen LogP contribution in [0.3, 0.4) is 0 Å². The first kappa shape index (κ1) is 14.0. The third kappa shape index (κ3) is 3.00. The fraction of sp³-hybridized carbons (Fsp3) is 1.00. The van der Waals surface area contributed by atoms with Gasteiger partial charge < -0.3 is 4.90 Å². The largest absolute Gasteiger partial charge is 0.300 e. The monoisotopic (exact) mass is 225 g/mol. The van der Waals surface area contributed by atoms with E-state index in [1.165, 1.54) is 25.7 Å². The van der Waals surface area contributed by atoms with E-state index in [2.05, 4.69) is 46.6 Å². The summed E-state index contributed by atoms with van der Waals surface area (Å²) in [6, 6.07) is 1.61. The van der Waals surface area contributed by atoms with E-state index in [-0.39, 0.29) is 0 Å². The summed E-state index contributed by atoms with van der Waals surface area (Å²) in [7, 11) is 2.33. The van der Waals surface area contributed by atoms with E-state index in [0.717, 1.165) is 29.8 Å². The van der Waals surface area contributed by atoms with Crippen molar-refractivity contribution in [2.45, 2.75) is 72.4 Å². The topological polar surface area (TPSA) is 3.24 Å². The SMILES string of the molecule is CCCC1C(C)C(CCC(C)C)C(C)N1C. The summed E-state index contributed by atoms with van der Waals surface area (Å²) >= 11 is 0. The molecule has 4 atom stereocenters. The van der Waals surface area contributed by atoms with Crippen molar-refractivity contribution in [1.29, 1.82) is 0 Å². The average Bonchev–Trinajstić information content (AvgIpc) is 2.41. The summed E-state index contributed by atoms with van der Waals surface area (Å²) in [5, 5.41) is 0. The lowest BCUT2D eigenvalue weighted by atomic mass is 9.83. The van der Waals surface area contributed by atoms with Gasteiger partial charge in [0.1, 0.15) is 0 Å². The van der Waals surface area contributed by atoms with Crippen LogP contribution < -0.4 is 0 Å². The molecule has 0 N–H and O–H groups in total. The van der Waals surface area contributed by atoms with Crippen LogP contribution in [0.1, 0.15) is 60.3 Å². The van der Waals surface area contributed by atoms with Gasteiger partial charge in [-0.3, -0.25) is 0 Å². The van der Waals surface area contributed by atoms with Crippen LogP contribution >= 0.6 is 0 Å².